The lowest BCUT2D eigenvalue weighted by Crippen LogP contribution is -2.43. The van der Waals surface area contributed by atoms with E-state index < -0.39 is 0 Å². The van der Waals surface area contributed by atoms with Gasteiger partial charge in [-0.2, -0.15) is 5.10 Å². The minimum atomic E-state index is -0.237. The molecule has 1 unspecified atom stereocenters. The molecule has 0 bridgehead atoms. The largest absolute Gasteiger partial charge is 0.470 e. The molecular weight excluding hydrogens is 394 g/mol. The Hall–Kier alpha value is -2.87. The highest BCUT2D eigenvalue weighted by molar-refractivity contribution is 6.30. The molecule has 5 rings (SSSR count). The Morgan fingerprint density at radius 1 is 1.34 bits per heavy atom. The second-order valence-electron chi connectivity index (χ2n) is 7.48. The number of aromatic nitrogens is 4. The Morgan fingerprint density at radius 2 is 2.21 bits per heavy atom. The molecule has 2 aliphatic rings. The van der Waals surface area contributed by atoms with Crippen molar-refractivity contribution in [2.45, 2.75) is 45.0 Å². The molecule has 3 aromatic rings. The summed E-state index contributed by atoms with van der Waals surface area (Å²) in [5.74, 6) is 0.415. The smallest absolute Gasteiger partial charge is 0.261 e. The maximum Gasteiger partial charge on any atom is 0.261 e. The van der Waals surface area contributed by atoms with E-state index in [4.69, 9.17) is 16.3 Å². The minimum Gasteiger partial charge on any atom is -0.470 e. The number of amides is 1. The lowest BCUT2D eigenvalue weighted by atomic mass is 10.1. The molecule has 1 amide bonds. The predicted molar refractivity (Wildman–Crippen MR) is 107 cm³/mol. The van der Waals surface area contributed by atoms with Gasteiger partial charge in [-0.1, -0.05) is 18.5 Å². The Balaban J connectivity index is 1.56. The van der Waals surface area contributed by atoms with Crippen LogP contribution in [0.1, 0.15) is 42.6 Å². The van der Waals surface area contributed by atoms with Crippen molar-refractivity contribution in [1.29, 1.82) is 0 Å². The van der Waals surface area contributed by atoms with Gasteiger partial charge >= 0.3 is 0 Å². The first kappa shape index (κ1) is 18.2. The van der Waals surface area contributed by atoms with E-state index in [1.807, 2.05) is 6.92 Å². The van der Waals surface area contributed by atoms with Crippen LogP contribution in [0.25, 0.3) is 10.9 Å². The van der Waals surface area contributed by atoms with Crippen LogP contribution in [0.2, 0.25) is 5.02 Å². The van der Waals surface area contributed by atoms with E-state index in [1.54, 1.807) is 45.0 Å². The van der Waals surface area contributed by atoms with Crippen molar-refractivity contribution in [3.63, 3.8) is 0 Å². The van der Waals surface area contributed by atoms with E-state index in [1.165, 1.54) is 0 Å². The van der Waals surface area contributed by atoms with Gasteiger partial charge in [-0.15, -0.1) is 0 Å². The third-order valence-corrected chi connectivity index (χ3v) is 5.90. The summed E-state index contributed by atoms with van der Waals surface area (Å²) >= 11 is 5.95. The van der Waals surface area contributed by atoms with E-state index >= 15 is 0 Å². The number of benzene rings is 1. The number of carbonyl (C=O) groups excluding carboxylic acids is 1. The van der Waals surface area contributed by atoms with Crippen LogP contribution in [0.15, 0.2) is 35.6 Å². The standard InChI is InChI=1S/C20H20ClN5O3/c1-2-13(10-24-9-12(21)8-23-24)26-11-22-16-6-15-17(7-14(16)19(26)27)29-18-4-3-5-25(18)20(15)28/h6-9,11,13,18H,2-5,10H2,1H3/t13-,18?/m1/s1. The zero-order chi connectivity index (χ0) is 20.1. The molecule has 0 saturated carbocycles. The minimum absolute atomic E-state index is 0.0522. The van der Waals surface area contributed by atoms with E-state index in [0.29, 0.717) is 40.3 Å². The summed E-state index contributed by atoms with van der Waals surface area (Å²) < 4.78 is 9.36. The van der Waals surface area contributed by atoms with Crippen LogP contribution in [0.4, 0.5) is 0 Å². The van der Waals surface area contributed by atoms with Crippen molar-refractivity contribution in [1.82, 2.24) is 24.2 Å². The fourth-order valence-electron chi connectivity index (χ4n) is 4.15. The van der Waals surface area contributed by atoms with Crippen molar-refractivity contribution in [2.24, 2.45) is 0 Å². The molecule has 2 atom stereocenters. The van der Waals surface area contributed by atoms with Gasteiger partial charge in [-0.3, -0.25) is 18.8 Å². The highest BCUT2D eigenvalue weighted by atomic mass is 35.5. The highest BCUT2D eigenvalue weighted by Crippen LogP contribution is 2.34. The molecule has 8 nitrogen and oxygen atoms in total. The Kier molecular flexibility index (Phi) is 4.31. The summed E-state index contributed by atoms with van der Waals surface area (Å²) in [5.41, 5.74) is 0.808. The van der Waals surface area contributed by atoms with Crippen LogP contribution in [0, 0.1) is 0 Å². The third-order valence-electron chi connectivity index (χ3n) is 5.70. The van der Waals surface area contributed by atoms with Gasteiger partial charge < -0.3 is 9.64 Å². The maximum atomic E-state index is 13.2. The van der Waals surface area contributed by atoms with Gasteiger partial charge in [0.2, 0.25) is 0 Å². The van der Waals surface area contributed by atoms with Crippen LogP contribution >= 0.6 is 11.6 Å². The van der Waals surface area contributed by atoms with Crippen LogP contribution in [-0.4, -0.2) is 42.9 Å². The van der Waals surface area contributed by atoms with E-state index in [-0.39, 0.29) is 23.7 Å². The summed E-state index contributed by atoms with van der Waals surface area (Å²) in [7, 11) is 0. The molecular formula is C20H20ClN5O3. The molecule has 0 spiro atoms. The normalized spacial score (nSPS) is 19.2. The molecule has 150 valence electrons. The molecule has 2 aliphatic heterocycles. The van der Waals surface area contributed by atoms with E-state index in [2.05, 4.69) is 10.1 Å². The van der Waals surface area contributed by atoms with Crippen LogP contribution in [0.5, 0.6) is 5.75 Å². The van der Waals surface area contributed by atoms with Crippen molar-refractivity contribution >= 4 is 28.4 Å². The molecule has 1 fully saturated rings. The predicted octanol–water partition coefficient (Wildman–Crippen LogP) is 2.85. The quantitative estimate of drug-likeness (QED) is 0.656. The van der Waals surface area contributed by atoms with Gasteiger partial charge in [0.25, 0.3) is 11.5 Å². The van der Waals surface area contributed by atoms with E-state index in [0.717, 1.165) is 19.3 Å². The molecule has 0 N–H and O–H groups in total. The first-order valence-corrected chi connectivity index (χ1v) is 10.1. The van der Waals surface area contributed by atoms with Crippen LogP contribution < -0.4 is 10.3 Å². The summed E-state index contributed by atoms with van der Waals surface area (Å²) in [6, 6.07) is 3.21. The lowest BCUT2D eigenvalue weighted by Gasteiger charge is -2.31. The molecule has 29 heavy (non-hydrogen) atoms. The molecule has 1 aromatic carbocycles. The third kappa shape index (κ3) is 2.98. The van der Waals surface area contributed by atoms with Crippen LogP contribution in [0.3, 0.4) is 0 Å². The number of hydrogen-bond acceptors (Lipinski definition) is 5. The number of ether oxygens (including phenoxy) is 1. The monoisotopic (exact) mass is 413 g/mol. The molecule has 0 radical (unpaired) electrons. The number of hydrogen-bond donors (Lipinski definition) is 0. The first-order valence-electron chi connectivity index (χ1n) is 9.75. The van der Waals surface area contributed by atoms with Crippen molar-refractivity contribution in [3.05, 3.63) is 51.8 Å². The summed E-state index contributed by atoms with van der Waals surface area (Å²) in [4.78, 5) is 32.2. The zero-order valence-corrected chi connectivity index (χ0v) is 16.7. The van der Waals surface area contributed by atoms with Gasteiger partial charge in [0.1, 0.15) is 5.75 Å². The van der Waals surface area contributed by atoms with Crippen molar-refractivity contribution in [3.8, 4) is 5.75 Å². The number of halogens is 1. The van der Waals surface area contributed by atoms with E-state index in [9.17, 15) is 9.59 Å². The molecule has 4 heterocycles. The van der Waals surface area contributed by atoms with Gasteiger partial charge in [0, 0.05) is 19.2 Å². The van der Waals surface area contributed by atoms with Gasteiger partial charge in [-0.05, 0) is 25.0 Å². The highest BCUT2D eigenvalue weighted by Gasteiger charge is 2.37. The van der Waals surface area contributed by atoms with Gasteiger partial charge in [-0.25, -0.2) is 4.98 Å². The van der Waals surface area contributed by atoms with Crippen molar-refractivity contribution < 1.29 is 9.53 Å². The molecule has 9 heteroatoms. The SMILES string of the molecule is CC[C@H](Cn1cc(Cl)cn1)n1cnc2cc3c(cc2c1=O)OC1CCCN1C3=O. The number of fused-ring (bicyclic) bond motifs is 3. The van der Waals surface area contributed by atoms with Gasteiger partial charge in [0.15, 0.2) is 6.23 Å². The maximum absolute atomic E-state index is 13.2. The fraction of sp³-hybridized carbons (Fsp3) is 0.400. The first-order chi connectivity index (χ1) is 14.0. The summed E-state index contributed by atoms with van der Waals surface area (Å²) in [6.07, 6.45) is 7.06. The molecule has 1 saturated heterocycles. The fourth-order valence-corrected chi connectivity index (χ4v) is 4.30. The van der Waals surface area contributed by atoms with Gasteiger partial charge in [0.05, 0.1) is 46.6 Å². The number of rotatable bonds is 4. The second kappa shape index (κ2) is 6.88. The average molecular weight is 414 g/mol. The zero-order valence-electron chi connectivity index (χ0n) is 15.9. The van der Waals surface area contributed by atoms with Crippen LogP contribution in [-0.2, 0) is 6.54 Å². The molecule has 2 aromatic heterocycles. The van der Waals surface area contributed by atoms with Crippen molar-refractivity contribution in [2.75, 3.05) is 6.54 Å². The summed E-state index contributed by atoms with van der Waals surface area (Å²) in [6.45, 7) is 3.22. The lowest BCUT2D eigenvalue weighted by molar-refractivity contribution is 0.0295. The topological polar surface area (TPSA) is 82.2 Å². The Bertz CT molecular complexity index is 1170. The average Bonchev–Trinajstić information content (AvgIpc) is 3.35. The number of carbonyl (C=O) groups is 1. The Morgan fingerprint density at radius 3 is 2.97 bits per heavy atom. The Labute approximate surface area is 171 Å². The number of nitrogens with zero attached hydrogens (tertiary/aromatic N) is 5. The summed E-state index contributed by atoms with van der Waals surface area (Å²) in [5, 5.41) is 5.21. The second-order valence-corrected chi connectivity index (χ2v) is 7.91. The molecule has 0 aliphatic carbocycles.